The van der Waals surface area contributed by atoms with Crippen molar-refractivity contribution in [3.8, 4) is 11.1 Å². The number of aromatic amines is 1. The van der Waals surface area contributed by atoms with E-state index < -0.39 is 0 Å². The number of aliphatic hydroxyl groups is 1. The molecule has 3 rings (SSSR count). The number of rotatable bonds is 8. The van der Waals surface area contributed by atoms with Gasteiger partial charge in [0.05, 0.1) is 11.2 Å². The maximum Gasteiger partial charge on any atom is 0.228 e. The van der Waals surface area contributed by atoms with Crippen molar-refractivity contribution in [3.05, 3.63) is 29.2 Å². The van der Waals surface area contributed by atoms with Crippen LogP contribution in [0.5, 0.6) is 0 Å². The van der Waals surface area contributed by atoms with Crippen LogP contribution in [0.15, 0.2) is 18.5 Å². The number of unbranched alkanes of at least 4 members (excludes halogenated alkanes) is 1. The lowest BCUT2D eigenvalue weighted by molar-refractivity contribution is -0.123. The molecule has 0 aliphatic heterocycles. The number of H-pyrrole nitrogens is 1. The first-order chi connectivity index (χ1) is 14.5. The average Bonchev–Trinajstić information content (AvgIpc) is 3.17. The number of aliphatic hydroxyl groups excluding tert-OH is 1. The lowest BCUT2D eigenvalue weighted by Gasteiger charge is -2.28. The fourth-order valence-electron chi connectivity index (χ4n) is 3.94. The van der Waals surface area contributed by atoms with Crippen LogP contribution >= 0.6 is 11.6 Å². The van der Waals surface area contributed by atoms with Gasteiger partial charge in [0, 0.05) is 48.5 Å². The highest BCUT2D eigenvalue weighted by Crippen LogP contribution is 2.32. The van der Waals surface area contributed by atoms with Crippen molar-refractivity contribution in [2.24, 2.45) is 5.92 Å². The summed E-state index contributed by atoms with van der Waals surface area (Å²) >= 11 is 6.38. The van der Waals surface area contributed by atoms with E-state index >= 15 is 0 Å². The molecule has 0 spiro atoms. The number of carbonyl (C=O) groups excluding carboxylic acids is 2. The van der Waals surface area contributed by atoms with Crippen LogP contribution in [0.2, 0.25) is 5.02 Å². The van der Waals surface area contributed by atoms with Gasteiger partial charge < -0.3 is 15.7 Å². The number of halogens is 1. The van der Waals surface area contributed by atoms with Crippen molar-refractivity contribution in [3.63, 3.8) is 0 Å². The summed E-state index contributed by atoms with van der Waals surface area (Å²) in [5, 5.41) is 22.4. The molecule has 1 fully saturated rings. The average molecular weight is 434 g/mol. The minimum Gasteiger partial charge on any atom is -0.396 e. The zero-order valence-corrected chi connectivity index (χ0v) is 17.8. The molecule has 4 N–H and O–H groups in total. The second-order valence-electron chi connectivity index (χ2n) is 7.74. The van der Waals surface area contributed by atoms with E-state index in [4.69, 9.17) is 16.7 Å². The molecule has 0 aromatic carbocycles. The van der Waals surface area contributed by atoms with Crippen molar-refractivity contribution in [1.29, 1.82) is 0 Å². The SMILES string of the molecule is CC(=O)NC1CCC[C@@H](C(=O)Nc2cc(-c3cn[nH]c3CCCCO)c(Cl)cn2)C1. The fraction of sp³-hybridized carbons (Fsp3) is 0.524. The quantitative estimate of drug-likeness (QED) is 0.477. The summed E-state index contributed by atoms with van der Waals surface area (Å²) in [5.41, 5.74) is 2.54. The number of nitrogens with zero attached hydrogens (tertiary/aromatic N) is 2. The zero-order valence-electron chi connectivity index (χ0n) is 17.1. The molecule has 9 heteroatoms. The largest absolute Gasteiger partial charge is 0.396 e. The smallest absolute Gasteiger partial charge is 0.228 e. The van der Waals surface area contributed by atoms with E-state index in [1.54, 1.807) is 12.3 Å². The molecule has 30 heavy (non-hydrogen) atoms. The Hall–Kier alpha value is -2.45. The molecule has 2 heterocycles. The molecular formula is C21H28ClN5O3. The molecular weight excluding hydrogens is 406 g/mol. The van der Waals surface area contributed by atoms with Gasteiger partial charge in [-0.1, -0.05) is 18.0 Å². The van der Waals surface area contributed by atoms with Crippen LogP contribution in [0.3, 0.4) is 0 Å². The summed E-state index contributed by atoms with van der Waals surface area (Å²) in [6.45, 7) is 1.65. The van der Waals surface area contributed by atoms with Gasteiger partial charge in [-0.3, -0.25) is 14.7 Å². The van der Waals surface area contributed by atoms with Gasteiger partial charge in [0.15, 0.2) is 0 Å². The molecule has 8 nitrogen and oxygen atoms in total. The maximum absolute atomic E-state index is 12.8. The Kier molecular flexibility index (Phi) is 7.81. The van der Waals surface area contributed by atoms with Crippen molar-refractivity contribution in [1.82, 2.24) is 20.5 Å². The van der Waals surface area contributed by atoms with Crippen LogP contribution < -0.4 is 10.6 Å². The second-order valence-corrected chi connectivity index (χ2v) is 8.15. The van der Waals surface area contributed by atoms with E-state index in [0.29, 0.717) is 23.7 Å². The predicted octanol–water partition coefficient (Wildman–Crippen LogP) is 3.07. The molecule has 1 aliphatic carbocycles. The Labute approximate surface area is 180 Å². The van der Waals surface area contributed by atoms with Gasteiger partial charge in [-0.05, 0) is 44.6 Å². The zero-order chi connectivity index (χ0) is 21.5. The number of hydrogen-bond donors (Lipinski definition) is 4. The third-order valence-corrected chi connectivity index (χ3v) is 5.70. The highest BCUT2D eigenvalue weighted by Gasteiger charge is 2.28. The van der Waals surface area contributed by atoms with Crippen LogP contribution in [-0.4, -0.2) is 44.8 Å². The van der Waals surface area contributed by atoms with Crippen molar-refractivity contribution >= 4 is 29.2 Å². The third-order valence-electron chi connectivity index (χ3n) is 5.40. The Morgan fingerprint density at radius 1 is 1.27 bits per heavy atom. The third kappa shape index (κ3) is 5.79. The molecule has 2 aromatic heterocycles. The van der Waals surface area contributed by atoms with Gasteiger partial charge in [-0.15, -0.1) is 0 Å². The normalized spacial score (nSPS) is 18.8. The van der Waals surface area contributed by atoms with Gasteiger partial charge in [-0.25, -0.2) is 4.98 Å². The summed E-state index contributed by atoms with van der Waals surface area (Å²) < 4.78 is 0. The number of pyridine rings is 1. The fourth-order valence-corrected chi connectivity index (χ4v) is 4.14. The molecule has 1 saturated carbocycles. The first-order valence-corrected chi connectivity index (χ1v) is 10.7. The molecule has 162 valence electrons. The first kappa shape index (κ1) is 22.2. The molecule has 0 radical (unpaired) electrons. The van der Waals surface area contributed by atoms with Crippen LogP contribution in [-0.2, 0) is 16.0 Å². The van der Waals surface area contributed by atoms with Gasteiger partial charge in [0.25, 0.3) is 0 Å². The van der Waals surface area contributed by atoms with Gasteiger partial charge in [0.2, 0.25) is 11.8 Å². The monoisotopic (exact) mass is 433 g/mol. The number of hydrogen-bond acceptors (Lipinski definition) is 5. The van der Waals surface area contributed by atoms with Crippen LogP contribution in [0.25, 0.3) is 11.1 Å². The topological polar surface area (TPSA) is 120 Å². The molecule has 2 aromatic rings. The second kappa shape index (κ2) is 10.5. The lowest BCUT2D eigenvalue weighted by Crippen LogP contribution is -2.40. The Bertz CT molecular complexity index is 885. The summed E-state index contributed by atoms with van der Waals surface area (Å²) in [7, 11) is 0. The molecule has 0 saturated heterocycles. The molecule has 0 bridgehead atoms. The number of carbonyl (C=O) groups is 2. The van der Waals surface area contributed by atoms with Crippen LogP contribution in [0, 0.1) is 5.92 Å². The number of aryl methyl sites for hydroxylation is 1. The molecule has 1 aliphatic rings. The summed E-state index contributed by atoms with van der Waals surface area (Å²) in [5.74, 6) is 0.101. The lowest BCUT2D eigenvalue weighted by atomic mass is 9.85. The minimum absolute atomic E-state index is 0.0353. The van der Waals surface area contributed by atoms with E-state index in [-0.39, 0.29) is 30.4 Å². The van der Waals surface area contributed by atoms with Gasteiger partial charge in [0.1, 0.15) is 5.82 Å². The Morgan fingerprint density at radius 3 is 2.87 bits per heavy atom. The standard InChI is InChI=1S/C21H28ClN5O3/c1-13(29)25-15-6-4-5-14(9-15)21(30)26-20-10-16(18(22)12-23-20)17-11-24-27-19(17)7-2-3-8-28/h10-12,14-15,28H,2-9H2,1H3,(H,24,27)(H,25,29)(H,23,26,30)/t14-,15?/m1/s1. The van der Waals surface area contributed by atoms with Gasteiger partial charge >= 0.3 is 0 Å². The van der Waals surface area contributed by atoms with Crippen LogP contribution in [0.4, 0.5) is 5.82 Å². The minimum atomic E-state index is -0.167. The van der Waals surface area contributed by atoms with E-state index in [2.05, 4.69) is 25.8 Å². The van der Waals surface area contributed by atoms with E-state index in [1.165, 1.54) is 13.1 Å². The highest BCUT2D eigenvalue weighted by atomic mass is 35.5. The number of amides is 2. The van der Waals surface area contributed by atoms with E-state index in [1.807, 2.05) is 0 Å². The summed E-state index contributed by atoms with van der Waals surface area (Å²) in [6, 6.07) is 1.79. The van der Waals surface area contributed by atoms with E-state index in [0.717, 1.165) is 48.9 Å². The molecule has 1 unspecified atom stereocenters. The summed E-state index contributed by atoms with van der Waals surface area (Å²) in [4.78, 5) is 28.4. The van der Waals surface area contributed by atoms with Gasteiger partial charge in [-0.2, -0.15) is 5.10 Å². The van der Waals surface area contributed by atoms with Crippen molar-refractivity contribution in [2.45, 2.75) is 57.9 Å². The van der Waals surface area contributed by atoms with Crippen molar-refractivity contribution in [2.75, 3.05) is 11.9 Å². The number of anilines is 1. The van der Waals surface area contributed by atoms with Crippen LogP contribution in [0.1, 0.15) is 51.1 Å². The number of aromatic nitrogens is 3. The summed E-state index contributed by atoms with van der Waals surface area (Å²) in [6.07, 6.45) is 8.73. The van der Waals surface area contributed by atoms with Crippen molar-refractivity contribution < 1.29 is 14.7 Å². The highest BCUT2D eigenvalue weighted by molar-refractivity contribution is 6.33. The van der Waals surface area contributed by atoms with E-state index in [9.17, 15) is 9.59 Å². The molecule has 2 atom stereocenters. The Balaban J connectivity index is 1.70. The Morgan fingerprint density at radius 2 is 2.10 bits per heavy atom. The maximum atomic E-state index is 12.8. The number of nitrogens with one attached hydrogen (secondary N) is 3. The predicted molar refractivity (Wildman–Crippen MR) is 115 cm³/mol. The molecule has 2 amide bonds. The first-order valence-electron chi connectivity index (χ1n) is 10.3.